The molecule has 5 rings (SSSR count). The molecular formula is C28H28N2O4S. The molecule has 2 heterocycles. The van der Waals surface area contributed by atoms with Crippen LogP contribution in [0.2, 0.25) is 0 Å². The second kappa shape index (κ2) is 10.0. The van der Waals surface area contributed by atoms with E-state index in [9.17, 15) is 19.5 Å². The van der Waals surface area contributed by atoms with E-state index in [1.807, 2.05) is 54.6 Å². The van der Waals surface area contributed by atoms with Crippen molar-refractivity contribution in [2.45, 2.75) is 51.1 Å². The van der Waals surface area contributed by atoms with E-state index in [1.54, 1.807) is 16.0 Å². The number of carboxylic acids is 1. The Labute approximate surface area is 207 Å². The van der Waals surface area contributed by atoms with Gasteiger partial charge < -0.3 is 5.11 Å². The largest absolute Gasteiger partial charge is 0.480 e. The highest BCUT2D eigenvalue weighted by molar-refractivity contribution is 7.17. The fraction of sp³-hybridized carbons (Fsp3) is 0.321. The average molecular weight is 489 g/mol. The van der Waals surface area contributed by atoms with Gasteiger partial charge in [0.15, 0.2) is 0 Å². The van der Waals surface area contributed by atoms with Crippen LogP contribution in [0.3, 0.4) is 0 Å². The Kier molecular flexibility index (Phi) is 6.68. The Hall–Kier alpha value is -3.45. The molecule has 6 nitrogen and oxygen atoms in total. The highest BCUT2D eigenvalue weighted by atomic mass is 32.1. The minimum Gasteiger partial charge on any atom is -0.480 e. The highest BCUT2D eigenvalue weighted by Crippen LogP contribution is 2.30. The van der Waals surface area contributed by atoms with E-state index in [0.29, 0.717) is 16.6 Å². The average Bonchev–Trinajstić information content (AvgIpc) is 3.38. The maximum atomic E-state index is 13.6. The molecule has 1 unspecified atom stereocenters. The summed E-state index contributed by atoms with van der Waals surface area (Å²) in [6.07, 6.45) is 5.50. The lowest BCUT2D eigenvalue weighted by Gasteiger charge is -2.25. The van der Waals surface area contributed by atoms with E-state index in [2.05, 4.69) is 0 Å². The van der Waals surface area contributed by atoms with Gasteiger partial charge in [0.1, 0.15) is 10.7 Å². The number of nitrogens with zero attached hydrogens (tertiary/aromatic N) is 2. The summed E-state index contributed by atoms with van der Waals surface area (Å²) in [5.41, 5.74) is 2.58. The van der Waals surface area contributed by atoms with Crippen LogP contribution in [0.1, 0.15) is 50.1 Å². The van der Waals surface area contributed by atoms with Gasteiger partial charge in [0.2, 0.25) is 0 Å². The van der Waals surface area contributed by atoms with E-state index in [0.717, 1.165) is 53.4 Å². The van der Waals surface area contributed by atoms with E-state index < -0.39 is 23.3 Å². The zero-order chi connectivity index (χ0) is 24.4. The van der Waals surface area contributed by atoms with Crippen molar-refractivity contribution in [2.75, 3.05) is 0 Å². The van der Waals surface area contributed by atoms with E-state index in [1.165, 1.54) is 11.3 Å². The van der Waals surface area contributed by atoms with Crippen molar-refractivity contribution >= 4 is 27.5 Å². The molecule has 1 saturated carbocycles. The number of carbonyl (C=O) groups is 1. The molecule has 0 radical (unpaired) electrons. The molecule has 0 amide bonds. The van der Waals surface area contributed by atoms with E-state index in [-0.39, 0.29) is 12.5 Å². The quantitative estimate of drug-likeness (QED) is 0.371. The van der Waals surface area contributed by atoms with Crippen LogP contribution >= 0.6 is 11.3 Å². The SMILES string of the molecule is O=C(O)C(CC1CCCCC1)n1c(=O)c2sccc2n(Cc2ccc(-c3ccccc3)cc2)c1=O. The smallest absolute Gasteiger partial charge is 0.332 e. The first kappa shape index (κ1) is 23.3. The Balaban J connectivity index is 1.53. The number of aromatic nitrogens is 2. The predicted octanol–water partition coefficient (Wildman–Crippen LogP) is 5.54. The molecule has 1 aliphatic rings. The number of benzene rings is 2. The Morgan fingerprint density at radius 1 is 0.943 bits per heavy atom. The molecule has 0 saturated heterocycles. The third-order valence-electron chi connectivity index (χ3n) is 7.07. The number of aliphatic carboxylic acids is 1. The van der Waals surface area contributed by atoms with Gasteiger partial charge in [-0.15, -0.1) is 11.3 Å². The molecule has 180 valence electrons. The second-order valence-corrected chi connectivity index (χ2v) is 10.3. The van der Waals surface area contributed by atoms with Gasteiger partial charge >= 0.3 is 11.7 Å². The number of carboxylic acid groups (broad SMARTS) is 1. The van der Waals surface area contributed by atoms with Gasteiger partial charge in [-0.2, -0.15) is 0 Å². The van der Waals surface area contributed by atoms with Crippen molar-refractivity contribution in [3.8, 4) is 11.1 Å². The first-order valence-corrected chi connectivity index (χ1v) is 13.0. The Morgan fingerprint density at radius 3 is 2.31 bits per heavy atom. The summed E-state index contributed by atoms with van der Waals surface area (Å²) in [5, 5.41) is 11.8. The summed E-state index contributed by atoms with van der Waals surface area (Å²) in [5.74, 6) is -0.904. The standard InChI is InChI=1S/C28H28N2O4S/c31-26-25-23(15-16-35-25)29(18-20-11-13-22(14-12-20)21-9-5-2-6-10-21)28(34)30(26)24(27(32)33)17-19-7-3-1-4-8-19/h2,5-6,9-16,19,24H,1,3-4,7-8,17-18H2,(H,32,33). The van der Waals surface area contributed by atoms with Gasteiger partial charge in [0, 0.05) is 0 Å². The maximum absolute atomic E-state index is 13.6. The second-order valence-electron chi connectivity index (χ2n) is 9.34. The van der Waals surface area contributed by atoms with Gasteiger partial charge in [-0.25, -0.2) is 14.2 Å². The third kappa shape index (κ3) is 4.73. The van der Waals surface area contributed by atoms with Crippen molar-refractivity contribution in [3.05, 3.63) is 92.4 Å². The van der Waals surface area contributed by atoms with E-state index >= 15 is 0 Å². The summed E-state index contributed by atoms with van der Waals surface area (Å²) in [6, 6.07) is 18.6. The predicted molar refractivity (Wildman–Crippen MR) is 139 cm³/mol. The van der Waals surface area contributed by atoms with Crippen LogP contribution in [-0.4, -0.2) is 20.2 Å². The third-order valence-corrected chi connectivity index (χ3v) is 7.96. The first-order valence-electron chi connectivity index (χ1n) is 12.1. The first-order chi connectivity index (χ1) is 17.0. The van der Waals surface area contributed by atoms with Crippen molar-refractivity contribution < 1.29 is 9.90 Å². The number of hydrogen-bond donors (Lipinski definition) is 1. The van der Waals surface area contributed by atoms with Crippen molar-refractivity contribution in [3.63, 3.8) is 0 Å². The van der Waals surface area contributed by atoms with Crippen LogP contribution < -0.4 is 11.2 Å². The number of rotatable bonds is 7. The Morgan fingerprint density at radius 2 is 1.63 bits per heavy atom. The summed E-state index contributed by atoms with van der Waals surface area (Å²) in [6.45, 7) is 0.261. The molecule has 0 aliphatic heterocycles. The van der Waals surface area contributed by atoms with Crippen LogP contribution in [0.25, 0.3) is 21.3 Å². The number of thiophene rings is 1. The molecule has 2 aromatic carbocycles. The van der Waals surface area contributed by atoms with Crippen molar-refractivity contribution in [1.82, 2.24) is 9.13 Å². The van der Waals surface area contributed by atoms with Gasteiger partial charge in [-0.3, -0.25) is 9.36 Å². The van der Waals surface area contributed by atoms with Crippen LogP contribution in [0.5, 0.6) is 0 Å². The summed E-state index contributed by atoms with van der Waals surface area (Å²) in [4.78, 5) is 39.2. The van der Waals surface area contributed by atoms with E-state index in [4.69, 9.17) is 0 Å². The minimum absolute atomic E-state index is 0.217. The van der Waals surface area contributed by atoms with Crippen LogP contribution in [0, 0.1) is 5.92 Å². The molecule has 7 heteroatoms. The molecule has 1 fully saturated rings. The molecule has 35 heavy (non-hydrogen) atoms. The molecule has 1 N–H and O–H groups in total. The molecule has 1 atom stereocenters. The molecule has 1 aliphatic carbocycles. The van der Waals surface area contributed by atoms with Crippen molar-refractivity contribution in [2.24, 2.45) is 5.92 Å². The monoisotopic (exact) mass is 488 g/mol. The van der Waals surface area contributed by atoms with Crippen LogP contribution in [0.4, 0.5) is 0 Å². The van der Waals surface area contributed by atoms with Gasteiger partial charge in [-0.1, -0.05) is 86.7 Å². The molecule has 2 aromatic heterocycles. The highest BCUT2D eigenvalue weighted by Gasteiger charge is 2.30. The summed E-state index contributed by atoms with van der Waals surface area (Å²) in [7, 11) is 0. The zero-order valence-electron chi connectivity index (χ0n) is 19.4. The molecular weight excluding hydrogens is 460 g/mol. The van der Waals surface area contributed by atoms with Crippen LogP contribution in [-0.2, 0) is 11.3 Å². The lowest BCUT2D eigenvalue weighted by atomic mass is 9.85. The fourth-order valence-electron chi connectivity index (χ4n) is 5.20. The number of fused-ring (bicyclic) bond motifs is 1. The summed E-state index contributed by atoms with van der Waals surface area (Å²) >= 11 is 1.25. The normalized spacial score (nSPS) is 15.3. The van der Waals surface area contributed by atoms with Crippen LogP contribution in [0.15, 0.2) is 75.6 Å². The number of hydrogen-bond acceptors (Lipinski definition) is 4. The fourth-order valence-corrected chi connectivity index (χ4v) is 6.03. The van der Waals surface area contributed by atoms with Gasteiger partial charge in [-0.05, 0) is 40.5 Å². The molecule has 0 spiro atoms. The summed E-state index contributed by atoms with van der Waals surface area (Å²) < 4.78 is 2.95. The Bertz CT molecular complexity index is 1440. The molecule has 4 aromatic rings. The zero-order valence-corrected chi connectivity index (χ0v) is 20.2. The minimum atomic E-state index is -1.16. The lowest BCUT2D eigenvalue weighted by molar-refractivity contribution is -0.141. The van der Waals surface area contributed by atoms with Gasteiger partial charge in [0.05, 0.1) is 12.1 Å². The maximum Gasteiger partial charge on any atom is 0.332 e. The topological polar surface area (TPSA) is 81.3 Å². The molecule has 0 bridgehead atoms. The van der Waals surface area contributed by atoms with Crippen molar-refractivity contribution in [1.29, 1.82) is 0 Å². The lowest BCUT2D eigenvalue weighted by Crippen LogP contribution is -2.45. The van der Waals surface area contributed by atoms with Gasteiger partial charge in [0.25, 0.3) is 5.56 Å².